The summed E-state index contributed by atoms with van der Waals surface area (Å²) < 4.78 is 33.8. The van der Waals surface area contributed by atoms with E-state index >= 15 is 0 Å². The molecule has 168 valence electrons. The molecule has 10 heteroatoms. The summed E-state index contributed by atoms with van der Waals surface area (Å²) in [5, 5.41) is 3.23. The van der Waals surface area contributed by atoms with Crippen LogP contribution >= 0.6 is 23.1 Å². The molecule has 1 aromatic rings. The fourth-order valence-electron chi connectivity index (χ4n) is 4.24. The van der Waals surface area contributed by atoms with Gasteiger partial charge in [-0.2, -0.15) is 0 Å². The lowest BCUT2D eigenvalue weighted by Crippen LogP contribution is -2.52. The number of esters is 1. The lowest BCUT2D eigenvalue weighted by atomic mass is 9.87. The summed E-state index contributed by atoms with van der Waals surface area (Å²) in [5.41, 5.74) is 0. The SMILES string of the molecule is CCOC(=O)CSc1cnc(NC(=O)N(C2CCCCC2)C2CCCC(F)(F)C2)s1. The van der Waals surface area contributed by atoms with Gasteiger partial charge in [0.05, 0.1) is 22.8 Å². The number of carbonyl (C=O) groups excluding carboxylic acids is 2. The number of thiazole rings is 1. The van der Waals surface area contributed by atoms with E-state index < -0.39 is 12.0 Å². The topological polar surface area (TPSA) is 71.5 Å². The van der Waals surface area contributed by atoms with Gasteiger partial charge in [-0.1, -0.05) is 30.6 Å². The molecule has 2 saturated carbocycles. The maximum absolute atomic E-state index is 14.1. The molecule has 1 aromatic heterocycles. The van der Waals surface area contributed by atoms with Crippen LogP contribution < -0.4 is 5.32 Å². The number of nitrogens with zero attached hydrogens (tertiary/aromatic N) is 2. The highest BCUT2D eigenvalue weighted by molar-refractivity contribution is 8.01. The number of amides is 2. The van der Waals surface area contributed by atoms with Gasteiger partial charge in [-0.25, -0.2) is 18.6 Å². The largest absolute Gasteiger partial charge is 0.465 e. The van der Waals surface area contributed by atoms with Crippen molar-refractivity contribution in [3.05, 3.63) is 6.20 Å². The van der Waals surface area contributed by atoms with Gasteiger partial charge in [-0.05, 0) is 32.6 Å². The third-order valence-corrected chi connectivity index (χ3v) is 7.63. The number of urea groups is 1. The predicted octanol–water partition coefficient (Wildman–Crippen LogP) is 5.54. The molecule has 2 aliphatic rings. The van der Waals surface area contributed by atoms with Gasteiger partial charge in [0, 0.05) is 24.9 Å². The van der Waals surface area contributed by atoms with Crippen molar-refractivity contribution in [2.75, 3.05) is 17.7 Å². The van der Waals surface area contributed by atoms with Crippen molar-refractivity contribution in [1.29, 1.82) is 0 Å². The Bertz CT molecular complexity index is 726. The van der Waals surface area contributed by atoms with Gasteiger partial charge in [0.2, 0.25) is 5.92 Å². The summed E-state index contributed by atoms with van der Waals surface area (Å²) >= 11 is 2.57. The summed E-state index contributed by atoms with van der Waals surface area (Å²) in [6.45, 7) is 2.09. The lowest BCUT2D eigenvalue weighted by Gasteiger charge is -2.43. The second-order valence-corrected chi connectivity index (χ2v) is 10.1. The number of thioether (sulfide) groups is 1. The number of nitrogens with one attached hydrogen (secondary N) is 1. The van der Waals surface area contributed by atoms with Gasteiger partial charge in [-0.3, -0.25) is 10.1 Å². The van der Waals surface area contributed by atoms with Crippen LogP contribution in [-0.4, -0.2) is 52.3 Å². The van der Waals surface area contributed by atoms with Crippen molar-refractivity contribution in [1.82, 2.24) is 9.88 Å². The normalized spacial score (nSPS) is 21.8. The van der Waals surface area contributed by atoms with E-state index in [-0.39, 0.29) is 36.6 Å². The van der Waals surface area contributed by atoms with Crippen molar-refractivity contribution in [3.63, 3.8) is 0 Å². The summed E-state index contributed by atoms with van der Waals surface area (Å²) in [4.78, 5) is 30.5. The van der Waals surface area contributed by atoms with Gasteiger partial charge >= 0.3 is 12.0 Å². The van der Waals surface area contributed by atoms with Crippen molar-refractivity contribution >= 4 is 40.2 Å². The number of carbonyl (C=O) groups is 2. The molecule has 1 heterocycles. The Morgan fingerprint density at radius 1 is 1.27 bits per heavy atom. The minimum Gasteiger partial charge on any atom is -0.465 e. The molecule has 0 bridgehead atoms. The molecule has 0 aliphatic heterocycles. The highest BCUT2D eigenvalue weighted by atomic mass is 32.2. The van der Waals surface area contributed by atoms with Crippen LogP contribution in [0.1, 0.15) is 64.7 Å². The predicted molar refractivity (Wildman–Crippen MR) is 114 cm³/mol. The Labute approximate surface area is 184 Å². The number of aromatic nitrogens is 1. The first-order valence-electron chi connectivity index (χ1n) is 10.6. The highest BCUT2D eigenvalue weighted by Gasteiger charge is 2.42. The number of hydrogen-bond acceptors (Lipinski definition) is 6. The molecular formula is C20H29F2N3O3S2. The molecule has 3 rings (SSSR count). The minimum absolute atomic E-state index is 0.00438. The van der Waals surface area contributed by atoms with Crippen molar-refractivity contribution in [3.8, 4) is 0 Å². The molecule has 1 atom stereocenters. The summed E-state index contributed by atoms with van der Waals surface area (Å²) in [6, 6.07) is -0.800. The van der Waals surface area contributed by atoms with Crippen LogP contribution in [0.3, 0.4) is 0 Å². The summed E-state index contributed by atoms with van der Waals surface area (Å²) in [7, 11) is 0. The van der Waals surface area contributed by atoms with E-state index in [0.717, 1.165) is 36.3 Å². The fraction of sp³-hybridized carbons (Fsp3) is 0.750. The average molecular weight is 462 g/mol. The Hall–Kier alpha value is -1.42. The van der Waals surface area contributed by atoms with E-state index in [2.05, 4.69) is 10.3 Å². The number of anilines is 1. The van der Waals surface area contributed by atoms with E-state index in [9.17, 15) is 18.4 Å². The highest BCUT2D eigenvalue weighted by Crippen LogP contribution is 2.38. The molecule has 30 heavy (non-hydrogen) atoms. The van der Waals surface area contributed by atoms with E-state index in [0.29, 0.717) is 24.6 Å². The van der Waals surface area contributed by atoms with Crippen LogP contribution in [0.5, 0.6) is 0 Å². The molecule has 2 aliphatic carbocycles. The quantitative estimate of drug-likeness (QED) is 0.426. The monoisotopic (exact) mass is 461 g/mol. The molecule has 0 saturated heterocycles. The van der Waals surface area contributed by atoms with E-state index in [1.807, 2.05) is 0 Å². The van der Waals surface area contributed by atoms with Gasteiger partial charge in [0.15, 0.2) is 5.13 Å². The second-order valence-electron chi connectivity index (χ2n) is 7.81. The second kappa shape index (κ2) is 10.7. The van der Waals surface area contributed by atoms with E-state index in [1.54, 1.807) is 18.0 Å². The lowest BCUT2D eigenvalue weighted by molar-refractivity contribution is -0.139. The smallest absolute Gasteiger partial charge is 0.324 e. The Morgan fingerprint density at radius 3 is 2.70 bits per heavy atom. The van der Waals surface area contributed by atoms with Gasteiger partial charge in [0.1, 0.15) is 0 Å². The standard InChI is InChI=1S/C20H29F2N3O3S2/c1-2-28-16(26)13-29-17-12-23-18(30-17)24-19(27)25(14-7-4-3-5-8-14)15-9-6-10-20(21,22)11-15/h12,14-15H,2-11,13H2,1H3,(H,23,24,27). The van der Waals surface area contributed by atoms with Crippen molar-refractivity contribution < 1.29 is 23.1 Å². The first-order valence-corrected chi connectivity index (χ1v) is 12.4. The summed E-state index contributed by atoms with van der Waals surface area (Å²) in [6.07, 6.45) is 7.14. The molecule has 0 radical (unpaired) electrons. The van der Waals surface area contributed by atoms with E-state index in [1.165, 1.54) is 23.1 Å². The third kappa shape index (κ3) is 6.54. The van der Waals surface area contributed by atoms with Crippen LogP contribution in [0.4, 0.5) is 18.7 Å². The van der Waals surface area contributed by atoms with E-state index in [4.69, 9.17) is 4.74 Å². The van der Waals surface area contributed by atoms with Gasteiger partial charge < -0.3 is 9.64 Å². The van der Waals surface area contributed by atoms with Crippen molar-refractivity contribution in [2.45, 2.75) is 86.9 Å². The molecule has 2 amide bonds. The Balaban J connectivity index is 1.65. The van der Waals surface area contributed by atoms with Crippen LogP contribution in [0.25, 0.3) is 0 Å². The summed E-state index contributed by atoms with van der Waals surface area (Å²) in [5.74, 6) is -2.84. The molecule has 1 N–H and O–H groups in total. The zero-order chi connectivity index (χ0) is 21.6. The number of rotatable bonds is 7. The third-order valence-electron chi connectivity index (χ3n) is 5.55. The first-order chi connectivity index (χ1) is 14.4. The van der Waals surface area contributed by atoms with Gasteiger partial charge in [-0.15, -0.1) is 11.8 Å². The average Bonchev–Trinajstić information content (AvgIpc) is 3.14. The molecule has 0 spiro atoms. The van der Waals surface area contributed by atoms with Crippen LogP contribution in [-0.2, 0) is 9.53 Å². The number of ether oxygens (including phenoxy) is 1. The zero-order valence-electron chi connectivity index (χ0n) is 17.2. The fourth-order valence-corrected chi connectivity index (χ4v) is 5.90. The maximum atomic E-state index is 14.1. The Kier molecular flexibility index (Phi) is 8.33. The van der Waals surface area contributed by atoms with Crippen LogP contribution in [0.2, 0.25) is 0 Å². The molecular weight excluding hydrogens is 432 g/mol. The Morgan fingerprint density at radius 2 is 2.00 bits per heavy atom. The van der Waals surface area contributed by atoms with Crippen LogP contribution in [0, 0.1) is 0 Å². The first kappa shape index (κ1) is 23.2. The molecule has 2 fully saturated rings. The number of halogens is 2. The van der Waals surface area contributed by atoms with Crippen molar-refractivity contribution in [2.24, 2.45) is 0 Å². The number of alkyl halides is 2. The number of hydrogen-bond donors (Lipinski definition) is 1. The molecule has 1 unspecified atom stereocenters. The zero-order valence-corrected chi connectivity index (χ0v) is 18.8. The molecule has 6 nitrogen and oxygen atoms in total. The maximum Gasteiger partial charge on any atom is 0.324 e. The van der Waals surface area contributed by atoms with Crippen LogP contribution in [0.15, 0.2) is 10.4 Å². The van der Waals surface area contributed by atoms with Gasteiger partial charge in [0.25, 0.3) is 0 Å². The molecule has 0 aromatic carbocycles. The minimum atomic E-state index is -2.71.